The van der Waals surface area contributed by atoms with Crippen molar-refractivity contribution in [1.82, 2.24) is 0 Å². The highest BCUT2D eigenvalue weighted by atomic mass is 32.2. The average molecular weight is 600 g/mol. The Balaban J connectivity index is 0.000000171. The van der Waals surface area contributed by atoms with Gasteiger partial charge in [-0.25, -0.2) is 4.39 Å². The molecule has 0 saturated carbocycles. The topological polar surface area (TPSA) is 114 Å². The third kappa shape index (κ3) is 6.65. The molecule has 2 saturated heterocycles. The number of benzene rings is 2. The van der Waals surface area contributed by atoms with Crippen molar-refractivity contribution in [2.75, 3.05) is 0 Å². The number of halogens is 1. The molecule has 2 aliphatic heterocycles. The summed E-state index contributed by atoms with van der Waals surface area (Å²) in [7, 11) is -3.98. The van der Waals surface area contributed by atoms with Gasteiger partial charge >= 0.3 is 24.8 Å². The molecule has 2 aromatic heterocycles. The Morgan fingerprint density at radius 1 is 0.619 bits per heavy atom. The molecule has 6 rings (SSSR count). The van der Waals surface area contributed by atoms with E-state index in [1.54, 1.807) is 12.1 Å². The molecular formula is C29H35B2FO9S. The van der Waals surface area contributed by atoms with E-state index < -0.39 is 28.9 Å². The quantitative estimate of drug-likeness (QED) is 0.296. The highest BCUT2D eigenvalue weighted by Gasteiger charge is 2.53. The third-order valence-corrected chi connectivity index (χ3v) is 8.17. The SMILES string of the molecule is CC1(C)OB(c2cc3cc(F)ccc3o2)OC1(C)C.Cc1cc2cc(B3OC(C)(C)C(C)(C)O3)ccc2o1.O=S(=O)=O. The van der Waals surface area contributed by atoms with Gasteiger partial charge in [0.1, 0.15) is 28.4 Å². The van der Waals surface area contributed by atoms with Crippen LogP contribution in [0.15, 0.2) is 57.4 Å². The van der Waals surface area contributed by atoms with Crippen LogP contribution in [0.4, 0.5) is 4.39 Å². The summed E-state index contributed by atoms with van der Waals surface area (Å²) in [5.74, 6) is 0.634. The van der Waals surface area contributed by atoms with E-state index in [0.29, 0.717) is 16.6 Å². The maximum absolute atomic E-state index is 13.2. The molecule has 4 aromatic rings. The first-order valence-electron chi connectivity index (χ1n) is 13.5. The van der Waals surface area contributed by atoms with E-state index in [1.807, 2.05) is 52.8 Å². The summed E-state index contributed by atoms with van der Waals surface area (Å²) in [5.41, 5.74) is 1.69. The monoisotopic (exact) mass is 600 g/mol. The molecule has 9 nitrogen and oxygen atoms in total. The van der Waals surface area contributed by atoms with Crippen LogP contribution in [0.5, 0.6) is 0 Å². The maximum atomic E-state index is 13.2. The van der Waals surface area contributed by atoms with Crippen molar-refractivity contribution in [3.63, 3.8) is 0 Å². The summed E-state index contributed by atoms with van der Waals surface area (Å²) < 4.78 is 73.7. The molecule has 13 heteroatoms. The summed E-state index contributed by atoms with van der Waals surface area (Å²) in [6.45, 7) is 18.1. The zero-order valence-corrected chi connectivity index (χ0v) is 26.1. The molecule has 42 heavy (non-hydrogen) atoms. The van der Waals surface area contributed by atoms with Crippen molar-refractivity contribution < 1.29 is 44.5 Å². The smallest absolute Gasteiger partial charge is 0.465 e. The van der Waals surface area contributed by atoms with Crippen molar-refractivity contribution in [2.24, 2.45) is 0 Å². The molecule has 224 valence electrons. The minimum absolute atomic E-state index is 0.284. The second-order valence-electron chi connectivity index (χ2n) is 12.4. The van der Waals surface area contributed by atoms with Crippen LogP contribution in [-0.4, -0.2) is 49.3 Å². The molecule has 0 unspecified atom stereocenters. The van der Waals surface area contributed by atoms with E-state index in [2.05, 4.69) is 33.8 Å². The van der Waals surface area contributed by atoms with Crippen molar-refractivity contribution in [1.29, 1.82) is 0 Å². The molecule has 0 spiro atoms. The second-order valence-corrected chi connectivity index (χ2v) is 12.8. The summed E-state index contributed by atoms with van der Waals surface area (Å²) >= 11 is 0. The molecule has 4 heterocycles. The number of fused-ring (bicyclic) bond motifs is 2. The van der Waals surface area contributed by atoms with Gasteiger partial charge in [0.2, 0.25) is 0 Å². The van der Waals surface area contributed by atoms with E-state index in [1.165, 1.54) is 12.1 Å². The van der Waals surface area contributed by atoms with E-state index in [9.17, 15) is 4.39 Å². The predicted molar refractivity (Wildman–Crippen MR) is 158 cm³/mol. The lowest BCUT2D eigenvalue weighted by Gasteiger charge is -2.32. The van der Waals surface area contributed by atoms with Gasteiger partial charge < -0.3 is 27.5 Å². The highest BCUT2D eigenvalue weighted by molar-refractivity contribution is 7.59. The number of rotatable bonds is 2. The molecule has 0 bridgehead atoms. The fourth-order valence-electron chi connectivity index (χ4n) is 4.43. The third-order valence-electron chi connectivity index (χ3n) is 8.17. The first-order chi connectivity index (χ1) is 19.3. The second kappa shape index (κ2) is 11.3. The predicted octanol–water partition coefficient (Wildman–Crippen LogP) is 4.91. The van der Waals surface area contributed by atoms with Gasteiger partial charge in [-0.05, 0) is 104 Å². The lowest BCUT2D eigenvalue weighted by atomic mass is 9.79. The van der Waals surface area contributed by atoms with E-state index in [0.717, 1.165) is 22.2 Å². The Morgan fingerprint density at radius 2 is 1.07 bits per heavy atom. The lowest BCUT2D eigenvalue weighted by Crippen LogP contribution is -2.41. The molecule has 0 N–H and O–H groups in total. The average Bonchev–Trinajstić information content (AvgIpc) is 3.54. The van der Waals surface area contributed by atoms with Crippen LogP contribution in [-0.2, 0) is 29.2 Å². The number of hydrogen-bond acceptors (Lipinski definition) is 9. The molecule has 2 fully saturated rings. The summed E-state index contributed by atoms with van der Waals surface area (Å²) in [6.07, 6.45) is 0. The van der Waals surface area contributed by atoms with Crippen molar-refractivity contribution in [3.05, 3.63) is 60.1 Å². The van der Waals surface area contributed by atoms with Gasteiger partial charge in [0.25, 0.3) is 0 Å². The zero-order chi connectivity index (χ0) is 31.3. The Morgan fingerprint density at radius 3 is 1.62 bits per heavy atom. The van der Waals surface area contributed by atoms with Crippen molar-refractivity contribution >= 4 is 57.9 Å². The van der Waals surface area contributed by atoms with Gasteiger partial charge in [-0.1, -0.05) is 12.1 Å². The summed E-state index contributed by atoms with van der Waals surface area (Å²) in [6, 6.07) is 14.3. The number of furan rings is 2. The van der Waals surface area contributed by atoms with Gasteiger partial charge in [0.15, 0.2) is 0 Å². The summed E-state index contributed by atoms with van der Waals surface area (Å²) in [4.78, 5) is 0. The highest BCUT2D eigenvalue weighted by Crippen LogP contribution is 2.38. The van der Waals surface area contributed by atoms with Crippen LogP contribution >= 0.6 is 0 Å². The Bertz CT molecular complexity index is 1640. The fourth-order valence-corrected chi connectivity index (χ4v) is 4.43. The molecule has 0 amide bonds. The molecule has 0 radical (unpaired) electrons. The van der Waals surface area contributed by atoms with Gasteiger partial charge in [-0.15, -0.1) is 12.6 Å². The van der Waals surface area contributed by atoms with E-state index in [4.69, 9.17) is 40.1 Å². The molecule has 2 aliphatic rings. The number of aryl methyl sites for hydroxylation is 1. The van der Waals surface area contributed by atoms with Crippen LogP contribution in [0.25, 0.3) is 21.9 Å². The van der Waals surface area contributed by atoms with Crippen LogP contribution in [0.3, 0.4) is 0 Å². The Labute approximate surface area is 247 Å². The Kier molecular flexibility index (Phi) is 8.58. The zero-order valence-electron chi connectivity index (χ0n) is 25.2. The first-order valence-corrected chi connectivity index (χ1v) is 14.5. The maximum Gasteiger partial charge on any atom is 0.532 e. The van der Waals surface area contributed by atoms with E-state index in [-0.39, 0.29) is 24.1 Å². The van der Waals surface area contributed by atoms with Gasteiger partial charge in [-0.3, -0.25) is 0 Å². The van der Waals surface area contributed by atoms with Crippen LogP contribution < -0.4 is 11.1 Å². The molecule has 0 atom stereocenters. The van der Waals surface area contributed by atoms with Crippen molar-refractivity contribution in [2.45, 2.75) is 84.7 Å². The minimum Gasteiger partial charge on any atom is -0.465 e. The largest absolute Gasteiger partial charge is 0.532 e. The van der Waals surface area contributed by atoms with Gasteiger partial charge in [0, 0.05) is 10.8 Å². The van der Waals surface area contributed by atoms with Gasteiger partial charge in [0.05, 0.1) is 22.4 Å². The van der Waals surface area contributed by atoms with Crippen LogP contribution in [0.1, 0.15) is 61.2 Å². The van der Waals surface area contributed by atoms with Gasteiger partial charge in [-0.2, -0.15) is 0 Å². The summed E-state index contributed by atoms with van der Waals surface area (Å²) in [5, 5.41) is 1.80. The standard InChI is InChI=1S/C15H19BO3.C14H16BFO3.O3S/c1-10-8-11-9-12(6-7-13(11)17-10)16-18-14(2,3)15(4,5)19-16;1-13(2)14(3,4)19-15(18-13)12-8-9-7-10(16)5-6-11(9)17-12;1-4(2)3/h6-9H,1-5H3;5-8H,1-4H3;. The van der Waals surface area contributed by atoms with Crippen LogP contribution in [0, 0.1) is 12.7 Å². The first kappa shape index (κ1) is 32.0. The Hall–Kier alpha value is -2.96. The lowest BCUT2D eigenvalue weighted by molar-refractivity contribution is 0.00578. The molecule has 0 aliphatic carbocycles. The normalized spacial score (nSPS) is 19.8. The molecular weight excluding hydrogens is 565 g/mol. The fraction of sp³-hybridized carbons (Fsp3) is 0.448. The number of hydrogen-bond donors (Lipinski definition) is 0. The van der Waals surface area contributed by atoms with E-state index >= 15 is 0 Å². The molecule has 2 aromatic carbocycles. The van der Waals surface area contributed by atoms with Crippen LogP contribution in [0.2, 0.25) is 0 Å². The minimum atomic E-state index is -3.11. The van der Waals surface area contributed by atoms with Crippen molar-refractivity contribution in [3.8, 4) is 0 Å².